The highest BCUT2D eigenvalue weighted by molar-refractivity contribution is 7.37. The maximum absolute atomic E-state index is 11.9. The second-order valence-electron chi connectivity index (χ2n) is 3.80. The summed E-state index contributed by atoms with van der Waals surface area (Å²) in [4.78, 5) is 33.5. The molecule has 1 aliphatic rings. The summed E-state index contributed by atoms with van der Waals surface area (Å²) < 4.78 is 10.6. The van der Waals surface area contributed by atoms with Gasteiger partial charge in [0.15, 0.2) is 8.03 Å². The Hall–Kier alpha value is -1.45. The average molecular weight is 253 g/mol. The molecule has 2 amide bonds. The summed E-state index contributed by atoms with van der Waals surface area (Å²) in [6.45, 7) is 0.198. The standard InChI is InChI=1S/C11H12NO4P/c13-10-8-4-1-2-5-9(8)11(14)12(10)6-3-7-17(15)16/h1-2,4-5,17H,3,6-7H2,(H,15,16). The third-order valence-corrected chi connectivity index (χ3v) is 3.43. The molecule has 0 bridgehead atoms. The molecule has 6 heteroatoms. The summed E-state index contributed by atoms with van der Waals surface area (Å²) >= 11 is 0. The fourth-order valence-corrected chi connectivity index (χ4v) is 2.29. The van der Waals surface area contributed by atoms with Gasteiger partial charge in [0.1, 0.15) is 0 Å². The van der Waals surface area contributed by atoms with E-state index in [9.17, 15) is 14.2 Å². The first kappa shape index (κ1) is 12.0. The van der Waals surface area contributed by atoms with E-state index in [2.05, 4.69) is 0 Å². The highest BCUT2D eigenvalue weighted by Gasteiger charge is 2.34. The maximum Gasteiger partial charge on any atom is 0.261 e. The molecule has 1 N–H and O–H groups in total. The van der Waals surface area contributed by atoms with Gasteiger partial charge < -0.3 is 4.89 Å². The zero-order chi connectivity index (χ0) is 12.4. The van der Waals surface area contributed by atoms with Gasteiger partial charge in [0.2, 0.25) is 0 Å². The van der Waals surface area contributed by atoms with E-state index in [1.807, 2.05) is 0 Å². The molecule has 1 aromatic rings. The highest BCUT2D eigenvalue weighted by atomic mass is 31.1. The highest BCUT2D eigenvalue weighted by Crippen LogP contribution is 2.23. The van der Waals surface area contributed by atoms with Crippen molar-refractivity contribution in [2.75, 3.05) is 12.7 Å². The first-order valence-corrected chi connectivity index (χ1v) is 6.84. The van der Waals surface area contributed by atoms with Crippen molar-refractivity contribution in [2.45, 2.75) is 6.42 Å². The second-order valence-corrected chi connectivity index (χ2v) is 5.09. The largest absolute Gasteiger partial charge is 0.346 e. The molecule has 5 nitrogen and oxygen atoms in total. The van der Waals surface area contributed by atoms with Crippen LogP contribution in [0.5, 0.6) is 0 Å². The molecular weight excluding hydrogens is 241 g/mol. The number of nitrogens with zero attached hydrogens (tertiary/aromatic N) is 1. The quantitative estimate of drug-likeness (QED) is 0.645. The number of hydrogen-bond donors (Lipinski definition) is 1. The van der Waals surface area contributed by atoms with Gasteiger partial charge in [-0.2, -0.15) is 0 Å². The van der Waals surface area contributed by atoms with Crippen molar-refractivity contribution < 1.29 is 19.0 Å². The SMILES string of the molecule is O=C1c2ccccc2C(=O)N1CCC[PH](=O)O. The molecule has 0 saturated heterocycles. The van der Waals surface area contributed by atoms with Gasteiger partial charge >= 0.3 is 0 Å². The molecule has 2 rings (SSSR count). The minimum Gasteiger partial charge on any atom is -0.346 e. The van der Waals surface area contributed by atoms with Crippen LogP contribution in [0.15, 0.2) is 24.3 Å². The first-order valence-electron chi connectivity index (χ1n) is 5.28. The minimum absolute atomic E-state index is 0.137. The molecule has 0 fully saturated rings. The summed E-state index contributed by atoms with van der Waals surface area (Å²) in [5, 5.41) is 0. The van der Waals surface area contributed by atoms with Crippen molar-refractivity contribution in [3.8, 4) is 0 Å². The number of fused-ring (bicyclic) bond motifs is 1. The Morgan fingerprint density at radius 3 is 2.12 bits per heavy atom. The number of benzene rings is 1. The van der Waals surface area contributed by atoms with Gasteiger partial charge in [-0.05, 0) is 18.6 Å². The number of carbonyl (C=O) groups excluding carboxylic acids is 2. The molecule has 1 heterocycles. The molecule has 0 spiro atoms. The first-order chi connectivity index (χ1) is 8.11. The molecule has 1 unspecified atom stereocenters. The fraction of sp³-hybridized carbons (Fsp3) is 0.273. The van der Waals surface area contributed by atoms with Crippen molar-refractivity contribution >= 4 is 19.8 Å². The molecular formula is C11H12NO4P. The van der Waals surface area contributed by atoms with E-state index >= 15 is 0 Å². The van der Waals surface area contributed by atoms with Crippen LogP contribution >= 0.6 is 8.03 Å². The molecule has 0 radical (unpaired) electrons. The van der Waals surface area contributed by atoms with Crippen LogP contribution in [-0.4, -0.2) is 34.3 Å². The van der Waals surface area contributed by atoms with Crippen LogP contribution in [0.25, 0.3) is 0 Å². The van der Waals surface area contributed by atoms with E-state index in [-0.39, 0.29) is 24.5 Å². The number of hydrogen-bond acceptors (Lipinski definition) is 3. The number of rotatable bonds is 4. The lowest BCUT2D eigenvalue weighted by Gasteiger charge is -2.12. The molecule has 0 aromatic heterocycles. The molecule has 90 valence electrons. The topological polar surface area (TPSA) is 74.7 Å². The van der Waals surface area contributed by atoms with Gasteiger partial charge in [0, 0.05) is 12.7 Å². The smallest absolute Gasteiger partial charge is 0.261 e. The Balaban J connectivity index is 2.11. The Morgan fingerprint density at radius 2 is 1.65 bits per heavy atom. The summed E-state index contributed by atoms with van der Waals surface area (Å²) in [7, 11) is -2.53. The van der Waals surface area contributed by atoms with Crippen molar-refractivity contribution in [2.24, 2.45) is 0 Å². The monoisotopic (exact) mass is 253 g/mol. The molecule has 0 saturated carbocycles. The Kier molecular flexibility index (Phi) is 3.41. The molecule has 1 aromatic carbocycles. The van der Waals surface area contributed by atoms with E-state index in [4.69, 9.17) is 4.89 Å². The van der Waals surface area contributed by atoms with Gasteiger partial charge in [-0.25, -0.2) is 0 Å². The minimum atomic E-state index is -2.53. The third-order valence-electron chi connectivity index (χ3n) is 2.65. The zero-order valence-corrected chi connectivity index (χ0v) is 10.0. The lowest BCUT2D eigenvalue weighted by Crippen LogP contribution is -2.30. The second kappa shape index (κ2) is 4.82. The van der Waals surface area contributed by atoms with E-state index < -0.39 is 8.03 Å². The fourth-order valence-electron chi connectivity index (χ4n) is 1.83. The van der Waals surface area contributed by atoms with Crippen LogP contribution in [0.3, 0.4) is 0 Å². The van der Waals surface area contributed by atoms with Gasteiger partial charge in [0.05, 0.1) is 11.1 Å². The average Bonchev–Trinajstić information content (AvgIpc) is 2.54. The van der Waals surface area contributed by atoms with E-state index in [0.29, 0.717) is 17.5 Å². The predicted octanol–water partition coefficient (Wildman–Crippen LogP) is 1.14. The maximum atomic E-state index is 11.9. The van der Waals surface area contributed by atoms with Crippen molar-refractivity contribution in [3.63, 3.8) is 0 Å². The summed E-state index contributed by atoms with van der Waals surface area (Å²) in [6.07, 6.45) is 0.498. The van der Waals surface area contributed by atoms with Crippen molar-refractivity contribution in [1.82, 2.24) is 4.90 Å². The number of imide groups is 1. The summed E-state index contributed by atoms with van der Waals surface area (Å²) in [5.41, 5.74) is 0.823. The third kappa shape index (κ3) is 2.30. The van der Waals surface area contributed by atoms with Gasteiger partial charge in [-0.1, -0.05) is 12.1 Å². The van der Waals surface area contributed by atoms with Gasteiger partial charge in [0.25, 0.3) is 11.8 Å². The Morgan fingerprint density at radius 1 is 1.12 bits per heavy atom. The summed E-state index contributed by atoms with van der Waals surface area (Å²) in [6, 6.07) is 6.65. The number of carbonyl (C=O) groups is 2. The Bertz CT molecular complexity index is 465. The van der Waals surface area contributed by atoms with E-state index in [1.54, 1.807) is 24.3 Å². The summed E-state index contributed by atoms with van der Waals surface area (Å²) in [5.74, 6) is -0.633. The van der Waals surface area contributed by atoms with Gasteiger partial charge in [-0.3, -0.25) is 19.1 Å². The molecule has 0 aliphatic carbocycles. The Labute approximate surface area is 98.9 Å². The lowest BCUT2D eigenvalue weighted by molar-refractivity contribution is 0.0654. The van der Waals surface area contributed by atoms with E-state index in [0.717, 1.165) is 4.90 Å². The van der Waals surface area contributed by atoms with Gasteiger partial charge in [-0.15, -0.1) is 0 Å². The van der Waals surface area contributed by atoms with Crippen LogP contribution in [0.2, 0.25) is 0 Å². The predicted molar refractivity (Wildman–Crippen MR) is 62.5 cm³/mol. The zero-order valence-electron chi connectivity index (χ0n) is 9.05. The number of amides is 2. The van der Waals surface area contributed by atoms with Crippen LogP contribution < -0.4 is 0 Å². The normalized spacial score (nSPS) is 16.2. The van der Waals surface area contributed by atoms with E-state index in [1.165, 1.54) is 0 Å². The van der Waals surface area contributed by atoms with Crippen molar-refractivity contribution in [1.29, 1.82) is 0 Å². The van der Waals surface area contributed by atoms with Crippen molar-refractivity contribution in [3.05, 3.63) is 35.4 Å². The van der Waals surface area contributed by atoms with Crippen LogP contribution in [0.1, 0.15) is 27.1 Å². The lowest BCUT2D eigenvalue weighted by atomic mass is 10.1. The van der Waals surface area contributed by atoms with Crippen LogP contribution in [-0.2, 0) is 4.57 Å². The van der Waals surface area contributed by atoms with Crippen LogP contribution in [0, 0.1) is 0 Å². The van der Waals surface area contributed by atoms with Crippen LogP contribution in [0.4, 0.5) is 0 Å². The molecule has 1 aliphatic heterocycles. The molecule has 17 heavy (non-hydrogen) atoms. The molecule has 1 atom stereocenters.